The molecule has 60 valence electrons. The maximum atomic E-state index is 9.25. The second-order valence-corrected chi connectivity index (χ2v) is 0.876. The van der Waals surface area contributed by atoms with E-state index in [9.17, 15) is 4.79 Å². The van der Waals surface area contributed by atoms with E-state index in [4.69, 9.17) is 10.4 Å². The van der Waals surface area contributed by atoms with Gasteiger partial charge in [0.1, 0.15) is 0 Å². The number of nitriles is 1. The van der Waals surface area contributed by atoms with Gasteiger partial charge in [-0.05, 0) is 0 Å². The van der Waals surface area contributed by atoms with E-state index in [0.29, 0.717) is 0 Å². The van der Waals surface area contributed by atoms with E-state index in [1.165, 1.54) is 6.08 Å². The second kappa shape index (κ2) is 24.1. The molecule has 0 fully saturated rings. The third-order valence-electron chi connectivity index (χ3n) is 0.266. The molecule has 0 spiro atoms. The Morgan fingerprint density at radius 1 is 1.45 bits per heavy atom. The molecule has 0 saturated carbocycles. The standard InChI is InChI=1S/C3H3N.C3H4O2.C2H4/c1-2-3-4;1-2-3(4)5;1-2/h2H,1H2;2H,1H2,(H,4,5);1-2H2. The highest BCUT2D eigenvalue weighted by molar-refractivity contribution is 5.78. The smallest absolute Gasteiger partial charge is 0.327 e. The predicted molar refractivity (Wildman–Crippen MR) is 44.9 cm³/mol. The molecule has 0 aliphatic heterocycles. The van der Waals surface area contributed by atoms with Crippen molar-refractivity contribution in [3.63, 3.8) is 0 Å². The molecule has 0 heterocycles. The normalized spacial score (nSPS) is 4.64. The fraction of sp³-hybridized carbons (Fsp3) is 0. The number of nitrogens with zero attached hydrogens (tertiary/aromatic N) is 1. The molecule has 0 aliphatic rings. The van der Waals surface area contributed by atoms with Crippen LogP contribution in [-0.4, -0.2) is 11.1 Å². The Kier molecular flexibility index (Phi) is 35.3. The molecule has 0 aliphatic carbocycles. The number of hydrogen-bond donors (Lipinski definition) is 1. The molecule has 0 aromatic heterocycles. The molecule has 0 unspecified atom stereocenters. The summed E-state index contributed by atoms with van der Waals surface area (Å²) in [5, 5.41) is 15.1. The molecular formula is C8H11NO2. The first kappa shape index (κ1) is 16.1. The molecule has 0 bridgehead atoms. The van der Waals surface area contributed by atoms with Crippen LogP contribution in [0.4, 0.5) is 0 Å². The van der Waals surface area contributed by atoms with Crippen molar-refractivity contribution in [3.05, 3.63) is 38.5 Å². The minimum Gasteiger partial charge on any atom is -0.478 e. The average Bonchev–Trinajstić information content (AvgIpc) is 2.08. The zero-order valence-corrected chi connectivity index (χ0v) is 6.29. The summed E-state index contributed by atoms with van der Waals surface area (Å²) < 4.78 is 0. The topological polar surface area (TPSA) is 61.1 Å². The number of carboxylic acids is 1. The minimum absolute atomic E-state index is 0.833. The Hall–Kier alpha value is -1.82. The maximum absolute atomic E-state index is 9.25. The van der Waals surface area contributed by atoms with Crippen molar-refractivity contribution in [1.29, 1.82) is 5.26 Å². The summed E-state index contributed by atoms with van der Waals surface area (Å²) in [6.45, 7) is 12.1. The lowest BCUT2D eigenvalue weighted by Gasteiger charge is -1.64. The van der Waals surface area contributed by atoms with Crippen molar-refractivity contribution >= 4 is 5.97 Å². The third-order valence-corrected chi connectivity index (χ3v) is 0.266. The Labute approximate surface area is 66.6 Å². The number of hydrogen-bond acceptors (Lipinski definition) is 2. The fourth-order valence-corrected chi connectivity index (χ4v) is 0. The minimum atomic E-state index is -0.981. The van der Waals surface area contributed by atoms with Gasteiger partial charge < -0.3 is 5.11 Å². The summed E-state index contributed by atoms with van der Waals surface area (Å²) in [5.41, 5.74) is 0. The highest BCUT2D eigenvalue weighted by Gasteiger charge is 1.73. The number of allylic oxidation sites excluding steroid dienone is 1. The van der Waals surface area contributed by atoms with Crippen LogP contribution in [0.1, 0.15) is 0 Å². The first-order valence-corrected chi connectivity index (χ1v) is 2.55. The third kappa shape index (κ3) is 224. The predicted octanol–water partition coefficient (Wildman–Crippen LogP) is 1.76. The van der Waals surface area contributed by atoms with Crippen LogP contribution >= 0.6 is 0 Å². The molecule has 0 aromatic carbocycles. The van der Waals surface area contributed by atoms with Crippen LogP contribution in [0.2, 0.25) is 0 Å². The molecule has 3 heteroatoms. The van der Waals surface area contributed by atoms with E-state index in [0.717, 1.165) is 6.08 Å². The van der Waals surface area contributed by atoms with Gasteiger partial charge in [-0.3, -0.25) is 0 Å². The Bertz CT molecular complexity index is 156. The summed E-state index contributed by atoms with van der Waals surface area (Å²) in [7, 11) is 0. The number of carbonyl (C=O) groups is 1. The number of aliphatic carboxylic acids is 1. The van der Waals surface area contributed by atoms with Crippen molar-refractivity contribution in [2.75, 3.05) is 0 Å². The van der Waals surface area contributed by atoms with Gasteiger partial charge in [0, 0.05) is 12.2 Å². The van der Waals surface area contributed by atoms with Gasteiger partial charge in [-0.25, -0.2) is 4.79 Å². The molecule has 0 saturated heterocycles. The van der Waals surface area contributed by atoms with Gasteiger partial charge in [-0.2, -0.15) is 5.26 Å². The number of rotatable bonds is 1. The van der Waals surface area contributed by atoms with Gasteiger partial charge >= 0.3 is 5.97 Å². The summed E-state index contributed by atoms with van der Waals surface area (Å²) in [4.78, 5) is 9.25. The lowest BCUT2D eigenvalue weighted by Crippen LogP contribution is -1.82. The van der Waals surface area contributed by atoms with E-state index >= 15 is 0 Å². The molecule has 0 rings (SSSR count). The Morgan fingerprint density at radius 3 is 1.64 bits per heavy atom. The largest absolute Gasteiger partial charge is 0.478 e. The molecule has 3 nitrogen and oxygen atoms in total. The van der Waals surface area contributed by atoms with Crippen molar-refractivity contribution < 1.29 is 9.90 Å². The van der Waals surface area contributed by atoms with Gasteiger partial charge in [0.25, 0.3) is 0 Å². The van der Waals surface area contributed by atoms with E-state index in [2.05, 4.69) is 26.3 Å². The molecule has 0 atom stereocenters. The SMILES string of the molecule is C=C.C=CC#N.C=CC(=O)O. The molecule has 0 aromatic rings. The molecule has 0 amide bonds. The zero-order chi connectivity index (χ0) is 9.70. The van der Waals surface area contributed by atoms with Crippen LogP contribution in [-0.2, 0) is 4.79 Å². The summed E-state index contributed by atoms with van der Waals surface area (Å²) >= 11 is 0. The Balaban J connectivity index is -0.0000000965. The summed E-state index contributed by atoms with van der Waals surface area (Å²) in [6.07, 6.45) is 2.01. The quantitative estimate of drug-likeness (QED) is 0.354. The molecule has 1 N–H and O–H groups in total. The van der Waals surface area contributed by atoms with Crippen LogP contribution in [0.3, 0.4) is 0 Å². The lowest BCUT2D eigenvalue weighted by molar-refractivity contribution is -0.131. The summed E-state index contributed by atoms with van der Waals surface area (Å²) in [5.74, 6) is -0.981. The summed E-state index contributed by atoms with van der Waals surface area (Å²) in [6, 6.07) is 1.69. The monoisotopic (exact) mass is 153 g/mol. The maximum Gasteiger partial charge on any atom is 0.327 e. The van der Waals surface area contributed by atoms with E-state index in [-0.39, 0.29) is 0 Å². The van der Waals surface area contributed by atoms with Crippen LogP contribution in [0.15, 0.2) is 38.5 Å². The van der Waals surface area contributed by atoms with E-state index in [1.54, 1.807) is 6.07 Å². The van der Waals surface area contributed by atoms with Crippen LogP contribution < -0.4 is 0 Å². The van der Waals surface area contributed by atoms with Crippen molar-refractivity contribution in [1.82, 2.24) is 0 Å². The van der Waals surface area contributed by atoms with Gasteiger partial charge in [-0.15, -0.1) is 13.2 Å². The van der Waals surface area contributed by atoms with Crippen LogP contribution in [0, 0.1) is 11.3 Å². The van der Waals surface area contributed by atoms with Gasteiger partial charge in [-0.1, -0.05) is 13.2 Å². The average molecular weight is 153 g/mol. The van der Waals surface area contributed by atoms with Crippen molar-refractivity contribution in [2.45, 2.75) is 0 Å². The van der Waals surface area contributed by atoms with Gasteiger partial charge in [0.2, 0.25) is 0 Å². The Morgan fingerprint density at radius 2 is 1.64 bits per heavy atom. The lowest BCUT2D eigenvalue weighted by atomic mass is 10.7. The highest BCUT2D eigenvalue weighted by Crippen LogP contribution is 1.54. The fourth-order valence-electron chi connectivity index (χ4n) is 0. The van der Waals surface area contributed by atoms with Crippen molar-refractivity contribution in [3.8, 4) is 6.07 Å². The molecular weight excluding hydrogens is 142 g/mol. The van der Waals surface area contributed by atoms with Crippen molar-refractivity contribution in [2.24, 2.45) is 0 Å². The second-order valence-electron chi connectivity index (χ2n) is 0.876. The van der Waals surface area contributed by atoms with E-state index < -0.39 is 5.97 Å². The number of carboxylic acid groups (broad SMARTS) is 1. The first-order valence-electron chi connectivity index (χ1n) is 2.55. The van der Waals surface area contributed by atoms with E-state index in [1.807, 2.05) is 0 Å². The van der Waals surface area contributed by atoms with Crippen LogP contribution in [0.5, 0.6) is 0 Å². The van der Waals surface area contributed by atoms with Crippen LogP contribution in [0.25, 0.3) is 0 Å². The van der Waals surface area contributed by atoms with Gasteiger partial charge in [0.05, 0.1) is 6.07 Å². The highest BCUT2D eigenvalue weighted by atomic mass is 16.4. The van der Waals surface area contributed by atoms with Gasteiger partial charge in [0.15, 0.2) is 0 Å². The zero-order valence-electron chi connectivity index (χ0n) is 6.29. The molecule has 0 radical (unpaired) electrons. The molecule has 11 heavy (non-hydrogen) atoms. The first-order chi connectivity index (χ1) is 5.18.